The van der Waals surface area contributed by atoms with Crippen LogP contribution in [0.4, 0.5) is 13.2 Å². The predicted molar refractivity (Wildman–Crippen MR) is 84.0 cm³/mol. The summed E-state index contributed by atoms with van der Waals surface area (Å²) >= 11 is 0. The zero-order chi connectivity index (χ0) is 18.9. The molecule has 4 nitrogen and oxygen atoms in total. The van der Waals surface area contributed by atoms with Crippen molar-refractivity contribution in [1.82, 2.24) is 4.98 Å². The molecule has 0 amide bonds. The Morgan fingerprint density at radius 2 is 1.39 bits per heavy atom. The maximum absolute atomic E-state index is 10.7. The van der Waals surface area contributed by atoms with Gasteiger partial charge in [0.25, 0.3) is 0 Å². The number of rotatable bonds is 0. The third-order valence-electron chi connectivity index (χ3n) is 2.98. The minimum Gasteiger partial charge on any atom is -0.279 e. The number of nitrogens with zero attached hydrogens (tertiary/aromatic N) is 1. The predicted octanol–water partition coefficient (Wildman–Crippen LogP) is 4.38. The van der Waals surface area contributed by atoms with E-state index >= 15 is 0 Å². The number of hydrogen-bond donors (Lipinski definition) is 1. The molecule has 1 aromatic heterocycles. The van der Waals surface area contributed by atoms with Crippen molar-refractivity contribution in [2.75, 3.05) is 0 Å². The highest BCUT2D eigenvalue weighted by Crippen LogP contribution is 2.28. The van der Waals surface area contributed by atoms with Gasteiger partial charge in [0.15, 0.2) is 0 Å². The van der Waals surface area contributed by atoms with Gasteiger partial charge in [-0.3, -0.25) is 9.54 Å². The fraction of sp³-hybridized carbons (Fsp3) is 0.667. The zero-order valence-corrected chi connectivity index (χ0v) is 15.2. The molecule has 0 aliphatic rings. The largest absolute Gasteiger partial charge is 0.522 e. The lowest BCUT2D eigenvalue weighted by Crippen LogP contribution is -2.21. The molecule has 0 saturated heterocycles. The quantitative estimate of drug-likeness (QED) is 0.554. The van der Waals surface area contributed by atoms with Crippen molar-refractivity contribution in [3.05, 3.63) is 29.1 Å². The first kappa shape index (κ1) is 21.9. The number of pyridine rings is 1. The van der Waals surface area contributed by atoms with Crippen LogP contribution in [-0.2, 0) is 20.9 Å². The van der Waals surface area contributed by atoms with Crippen molar-refractivity contribution in [2.45, 2.75) is 64.8 Å². The van der Waals surface area contributed by atoms with Gasteiger partial charge in [-0.2, -0.15) is 21.6 Å². The molecule has 23 heavy (non-hydrogen) atoms. The summed E-state index contributed by atoms with van der Waals surface area (Å²) in [5.74, 6) is 0. The third-order valence-corrected chi connectivity index (χ3v) is 3.56. The van der Waals surface area contributed by atoms with E-state index in [9.17, 15) is 13.2 Å². The fourth-order valence-electron chi connectivity index (χ4n) is 1.75. The molecule has 0 aliphatic carbocycles. The van der Waals surface area contributed by atoms with Gasteiger partial charge in [0.1, 0.15) is 0 Å². The van der Waals surface area contributed by atoms with E-state index in [-0.39, 0.29) is 10.8 Å². The maximum Gasteiger partial charge on any atom is 0.522 e. The first-order valence-electron chi connectivity index (χ1n) is 6.88. The van der Waals surface area contributed by atoms with Crippen LogP contribution in [0.1, 0.15) is 58.4 Å². The normalized spacial score (nSPS) is 13.3. The molecular weight excluding hydrogens is 331 g/mol. The van der Waals surface area contributed by atoms with Crippen molar-refractivity contribution < 1.29 is 26.1 Å². The van der Waals surface area contributed by atoms with E-state index in [4.69, 9.17) is 13.0 Å². The SMILES string of the molecule is Cc1cc(C(C)(C)C)ncc1C(C)(C)C.O=S(=O)(O)C(F)(F)F. The Labute approximate surface area is 135 Å². The summed E-state index contributed by atoms with van der Waals surface area (Å²) in [6.07, 6.45) is 2.04. The highest BCUT2D eigenvalue weighted by atomic mass is 32.2. The summed E-state index contributed by atoms with van der Waals surface area (Å²) in [5.41, 5.74) is -1.34. The van der Waals surface area contributed by atoms with Gasteiger partial charge in [-0.05, 0) is 29.5 Å². The van der Waals surface area contributed by atoms with Gasteiger partial charge < -0.3 is 0 Å². The van der Waals surface area contributed by atoms with Gasteiger partial charge in [0.05, 0.1) is 0 Å². The zero-order valence-electron chi connectivity index (χ0n) is 14.4. The van der Waals surface area contributed by atoms with E-state index < -0.39 is 15.6 Å². The molecule has 0 atom stereocenters. The van der Waals surface area contributed by atoms with Crippen molar-refractivity contribution >= 4 is 10.1 Å². The third kappa shape index (κ3) is 6.87. The minimum absolute atomic E-state index is 0.140. The average molecular weight is 355 g/mol. The minimum atomic E-state index is -5.84. The Balaban J connectivity index is 0.000000515. The van der Waals surface area contributed by atoms with Crippen LogP contribution in [0.15, 0.2) is 12.3 Å². The second kappa shape index (κ2) is 6.76. The maximum atomic E-state index is 10.7. The summed E-state index contributed by atoms with van der Waals surface area (Å²) < 4.78 is 57.5. The molecule has 1 aromatic rings. The summed E-state index contributed by atoms with van der Waals surface area (Å²) in [5, 5.41) is 0. The second-order valence-corrected chi connectivity index (χ2v) is 8.72. The van der Waals surface area contributed by atoms with Gasteiger partial charge in [0, 0.05) is 17.3 Å². The van der Waals surface area contributed by atoms with E-state index in [1.54, 1.807) is 0 Å². The molecule has 1 rings (SSSR count). The van der Waals surface area contributed by atoms with Crippen LogP contribution in [0.25, 0.3) is 0 Å². The molecule has 0 radical (unpaired) electrons. The van der Waals surface area contributed by atoms with Gasteiger partial charge in [0.2, 0.25) is 0 Å². The van der Waals surface area contributed by atoms with Crippen LogP contribution in [0.2, 0.25) is 0 Å². The Morgan fingerprint density at radius 3 is 1.61 bits per heavy atom. The fourth-order valence-corrected chi connectivity index (χ4v) is 1.75. The smallest absolute Gasteiger partial charge is 0.279 e. The van der Waals surface area contributed by atoms with Gasteiger partial charge >= 0.3 is 15.6 Å². The molecule has 0 aliphatic heterocycles. The molecule has 1 heterocycles. The van der Waals surface area contributed by atoms with Crippen molar-refractivity contribution in [3.63, 3.8) is 0 Å². The molecule has 134 valence electrons. The molecule has 0 saturated carbocycles. The van der Waals surface area contributed by atoms with Gasteiger partial charge in [-0.1, -0.05) is 41.5 Å². The van der Waals surface area contributed by atoms with Crippen LogP contribution in [-0.4, -0.2) is 23.5 Å². The van der Waals surface area contributed by atoms with E-state index in [0.29, 0.717) is 0 Å². The second-order valence-electron chi connectivity index (χ2n) is 7.31. The first-order chi connectivity index (χ1) is 9.87. The van der Waals surface area contributed by atoms with Crippen molar-refractivity contribution in [1.29, 1.82) is 0 Å². The van der Waals surface area contributed by atoms with E-state index in [0.717, 1.165) is 0 Å². The molecular formula is C15H24F3NO3S. The lowest BCUT2D eigenvalue weighted by molar-refractivity contribution is -0.0510. The van der Waals surface area contributed by atoms with E-state index in [1.165, 1.54) is 16.8 Å². The molecule has 0 unspecified atom stereocenters. The molecule has 0 spiro atoms. The van der Waals surface area contributed by atoms with Crippen LogP contribution in [0, 0.1) is 6.92 Å². The van der Waals surface area contributed by atoms with Gasteiger partial charge in [-0.25, -0.2) is 0 Å². The number of alkyl halides is 3. The van der Waals surface area contributed by atoms with Gasteiger partial charge in [-0.15, -0.1) is 0 Å². The Hall–Kier alpha value is -1.15. The van der Waals surface area contributed by atoms with Crippen molar-refractivity contribution in [3.8, 4) is 0 Å². The highest BCUT2D eigenvalue weighted by Gasteiger charge is 2.44. The number of halogens is 3. The number of aryl methyl sites for hydroxylation is 1. The molecule has 0 fully saturated rings. The monoisotopic (exact) mass is 355 g/mol. The lowest BCUT2D eigenvalue weighted by Gasteiger charge is -2.24. The van der Waals surface area contributed by atoms with Crippen LogP contribution in [0.3, 0.4) is 0 Å². The molecule has 0 bridgehead atoms. The summed E-state index contributed by atoms with van der Waals surface area (Å²) in [6, 6.07) is 2.22. The van der Waals surface area contributed by atoms with Crippen molar-refractivity contribution in [2.24, 2.45) is 0 Å². The number of aromatic nitrogens is 1. The average Bonchev–Trinajstić information content (AvgIpc) is 2.23. The standard InChI is InChI=1S/C14H23N.CHF3O3S/c1-10-8-12(14(5,6)7)15-9-11(10)13(2,3)4;2-1(3,4)8(5,6)7/h8-9H,1-7H3;(H,5,6,7). The molecule has 8 heteroatoms. The Kier molecular flexibility index (Phi) is 6.43. The summed E-state index contributed by atoms with van der Waals surface area (Å²) in [6.45, 7) is 15.5. The Morgan fingerprint density at radius 1 is 1.00 bits per heavy atom. The Bertz CT molecular complexity index is 639. The van der Waals surface area contributed by atoms with Crippen LogP contribution >= 0.6 is 0 Å². The van der Waals surface area contributed by atoms with E-state index in [1.807, 2.05) is 6.20 Å². The topological polar surface area (TPSA) is 67.3 Å². The number of hydrogen-bond acceptors (Lipinski definition) is 3. The summed E-state index contributed by atoms with van der Waals surface area (Å²) in [7, 11) is -5.84. The van der Waals surface area contributed by atoms with E-state index in [2.05, 4.69) is 59.5 Å². The summed E-state index contributed by atoms with van der Waals surface area (Å²) in [4.78, 5) is 4.58. The van der Waals surface area contributed by atoms with Crippen LogP contribution < -0.4 is 0 Å². The first-order valence-corrected chi connectivity index (χ1v) is 8.32. The lowest BCUT2D eigenvalue weighted by atomic mass is 9.83. The highest BCUT2D eigenvalue weighted by molar-refractivity contribution is 7.86. The van der Waals surface area contributed by atoms with Crippen LogP contribution in [0.5, 0.6) is 0 Å². The molecule has 0 aromatic carbocycles. The molecule has 1 N–H and O–H groups in total.